The standard InChI is InChI=1S/C13H8Br2FNO/c14-9-4-8(6-17-7-9)5-12(18)10-2-1-3-11(15)13(10)16/h1-4,6-7H,5H2. The number of carbonyl (C=O) groups is 1. The van der Waals surface area contributed by atoms with Gasteiger partial charge in [0.1, 0.15) is 5.82 Å². The van der Waals surface area contributed by atoms with Gasteiger partial charge < -0.3 is 0 Å². The Kier molecular flexibility index (Phi) is 4.24. The zero-order valence-electron chi connectivity index (χ0n) is 9.16. The highest BCUT2D eigenvalue weighted by Crippen LogP contribution is 2.20. The third kappa shape index (κ3) is 3.03. The highest BCUT2D eigenvalue weighted by atomic mass is 79.9. The van der Waals surface area contributed by atoms with E-state index in [9.17, 15) is 9.18 Å². The van der Waals surface area contributed by atoms with Crippen LogP contribution in [0.3, 0.4) is 0 Å². The molecule has 0 atom stereocenters. The summed E-state index contributed by atoms with van der Waals surface area (Å²) in [5, 5.41) is 0. The molecule has 92 valence electrons. The normalized spacial score (nSPS) is 10.4. The number of pyridine rings is 1. The quantitative estimate of drug-likeness (QED) is 0.757. The van der Waals surface area contributed by atoms with Crippen LogP contribution in [0, 0.1) is 5.82 Å². The van der Waals surface area contributed by atoms with Gasteiger partial charge in [0.05, 0.1) is 10.0 Å². The minimum Gasteiger partial charge on any atom is -0.294 e. The first-order valence-corrected chi connectivity index (χ1v) is 6.73. The first kappa shape index (κ1) is 13.4. The maximum Gasteiger partial charge on any atom is 0.170 e. The van der Waals surface area contributed by atoms with E-state index in [0.717, 1.165) is 10.0 Å². The molecule has 1 aromatic carbocycles. The van der Waals surface area contributed by atoms with Crippen molar-refractivity contribution in [2.75, 3.05) is 0 Å². The summed E-state index contributed by atoms with van der Waals surface area (Å²) in [6, 6.07) is 6.47. The number of ketones is 1. The number of rotatable bonds is 3. The van der Waals surface area contributed by atoms with Crippen molar-refractivity contribution in [2.45, 2.75) is 6.42 Å². The average molecular weight is 373 g/mol. The van der Waals surface area contributed by atoms with Gasteiger partial charge in [-0.1, -0.05) is 6.07 Å². The molecular formula is C13H8Br2FNO. The van der Waals surface area contributed by atoms with Gasteiger partial charge in [-0.2, -0.15) is 0 Å². The molecule has 0 amide bonds. The molecule has 0 unspecified atom stereocenters. The highest BCUT2D eigenvalue weighted by molar-refractivity contribution is 9.10. The summed E-state index contributed by atoms with van der Waals surface area (Å²) in [7, 11) is 0. The van der Waals surface area contributed by atoms with Crippen molar-refractivity contribution in [1.29, 1.82) is 0 Å². The molecule has 0 bridgehead atoms. The molecule has 5 heteroatoms. The molecular weight excluding hydrogens is 365 g/mol. The maximum atomic E-state index is 13.7. The smallest absolute Gasteiger partial charge is 0.170 e. The van der Waals surface area contributed by atoms with Crippen LogP contribution < -0.4 is 0 Å². The zero-order valence-corrected chi connectivity index (χ0v) is 12.3. The van der Waals surface area contributed by atoms with Crippen LogP contribution >= 0.6 is 31.9 Å². The molecule has 2 aromatic rings. The van der Waals surface area contributed by atoms with Crippen LogP contribution in [-0.2, 0) is 6.42 Å². The van der Waals surface area contributed by atoms with E-state index in [2.05, 4.69) is 36.8 Å². The molecule has 0 aliphatic carbocycles. The summed E-state index contributed by atoms with van der Waals surface area (Å²) in [5.74, 6) is -0.792. The van der Waals surface area contributed by atoms with Crippen molar-refractivity contribution in [2.24, 2.45) is 0 Å². The number of carbonyl (C=O) groups excluding carboxylic acids is 1. The average Bonchev–Trinajstić information content (AvgIpc) is 2.32. The van der Waals surface area contributed by atoms with Crippen molar-refractivity contribution >= 4 is 37.6 Å². The van der Waals surface area contributed by atoms with Crippen LogP contribution in [0.5, 0.6) is 0 Å². The molecule has 0 fully saturated rings. The van der Waals surface area contributed by atoms with Crippen LogP contribution in [0.2, 0.25) is 0 Å². The monoisotopic (exact) mass is 371 g/mol. The zero-order chi connectivity index (χ0) is 13.1. The summed E-state index contributed by atoms with van der Waals surface area (Å²) in [5.41, 5.74) is 0.832. The Balaban J connectivity index is 2.25. The Morgan fingerprint density at radius 1 is 1.28 bits per heavy atom. The van der Waals surface area contributed by atoms with Gasteiger partial charge in [-0.25, -0.2) is 4.39 Å². The lowest BCUT2D eigenvalue weighted by Crippen LogP contribution is -2.06. The number of Topliss-reactive ketones (excluding diaryl/α,β-unsaturated/α-hetero) is 1. The van der Waals surface area contributed by atoms with Crippen molar-refractivity contribution in [3.8, 4) is 0 Å². The van der Waals surface area contributed by atoms with Gasteiger partial charge in [-0.15, -0.1) is 0 Å². The van der Waals surface area contributed by atoms with E-state index in [4.69, 9.17) is 0 Å². The van der Waals surface area contributed by atoms with Crippen molar-refractivity contribution in [3.63, 3.8) is 0 Å². The van der Waals surface area contributed by atoms with Crippen LogP contribution in [0.1, 0.15) is 15.9 Å². The first-order valence-electron chi connectivity index (χ1n) is 5.14. The molecule has 0 aliphatic heterocycles. The number of halogens is 3. The topological polar surface area (TPSA) is 30.0 Å². The Hall–Kier alpha value is -1.07. The molecule has 0 aliphatic rings. The number of benzene rings is 1. The Labute approximate surface area is 121 Å². The molecule has 1 heterocycles. The number of hydrogen-bond donors (Lipinski definition) is 0. The molecule has 0 radical (unpaired) electrons. The van der Waals surface area contributed by atoms with E-state index < -0.39 is 5.82 Å². The summed E-state index contributed by atoms with van der Waals surface area (Å²) in [6.07, 6.45) is 3.35. The van der Waals surface area contributed by atoms with Crippen LogP contribution in [0.25, 0.3) is 0 Å². The van der Waals surface area contributed by atoms with Gasteiger partial charge in [0.25, 0.3) is 0 Å². The van der Waals surface area contributed by atoms with Crippen molar-refractivity contribution in [1.82, 2.24) is 4.98 Å². The van der Waals surface area contributed by atoms with Crippen molar-refractivity contribution in [3.05, 3.63) is 62.5 Å². The molecule has 2 nitrogen and oxygen atoms in total. The predicted molar refractivity (Wildman–Crippen MR) is 74.1 cm³/mol. The Morgan fingerprint density at radius 3 is 2.78 bits per heavy atom. The van der Waals surface area contributed by atoms with E-state index in [1.54, 1.807) is 30.6 Å². The number of aromatic nitrogens is 1. The number of hydrogen-bond acceptors (Lipinski definition) is 2. The Morgan fingerprint density at radius 2 is 2.06 bits per heavy atom. The lowest BCUT2D eigenvalue weighted by Gasteiger charge is -2.04. The fourth-order valence-electron chi connectivity index (χ4n) is 1.55. The lowest BCUT2D eigenvalue weighted by molar-refractivity contribution is 0.0989. The molecule has 0 saturated heterocycles. The third-order valence-electron chi connectivity index (χ3n) is 2.38. The Bertz CT molecular complexity index is 601. The van der Waals surface area contributed by atoms with E-state index >= 15 is 0 Å². The van der Waals surface area contributed by atoms with Crippen LogP contribution in [0.15, 0.2) is 45.6 Å². The number of nitrogens with zero attached hydrogens (tertiary/aromatic N) is 1. The summed E-state index contributed by atoms with van der Waals surface area (Å²) in [6.45, 7) is 0. The van der Waals surface area contributed by atoms with Gasteiger partial charge >= 0.3 is 0 Å². The minimum absolute atomic E-state index is 0.0874. The van der Waals surface area contributed by atoms with Crippen molar-refractivity contribution < 1.29 is 9.18 Å². The summed E-state index contributed by atoms with van der Waals surface area (Å²) < 4.78 is 14.8. The molecule has 1 aromatic heterocycles. The van der Waals surface area contributed by atoms with Gasteiger partial charge in [0.15, 0.2) is 5.78 Å². The summed E-state index contributed by atoms with van der Waals surface area (Å²) in [4.78, 5) is 16.0. The largest absolute Gasteiger partial charge is 0.294 e. The maximum absolute atomic E-state index is 13.7. The second-order valence-corrected chi connectivity index (χ2v) is 5.48. The fraction of sp³-hybridized carbons (Fsp3) is 0.0769. The van der Waals surface area contributed by atoms with E-state index in [0.29, 0.717) is 4.47 Å². The molecule has 18 heavy (non-hydrogen) atoms. The highest BCUT2D eigenvalue weighted by Gasteiger charge is 2.14. The first-order chi connectivity index (χ1) is 8.58. The molecule has 0 saturated carbocycles. The SMILES string of the molecule is O=C(Cc1cncc(Br)c1)c1cccc(Br)c1F. The molecule has 0 spiro atoms. The van der Waals surface area contributed by atoms with E-state index in [1.165, 1.54) is 6.07 Å². The van der Waals surface area contributed by atoms with Gasteiger partial charge in [0, 0.05) is 23.3 Å². The minimum atomic E-state index is -0.523. The van der Waals surface area contributed by atoms with Gasteiger partial charge in [-0.05, 0) is 55.6 Å². The predicted octanol–water partition coefficient (Wildman–Crippen LogP) is 4.17. The summed E-state index contributed by atoms with van der Waals surface area (Å²) >= 11 is 6.34. The van der Waals surface area contributed by atoms with Crippen LogP contribution in [-0.4, -0.2) is 10.8 Å². The van der Waals surface area contributed by atoms with Crippen LogP contribution in [0.4, 0.5) is 4.39 Å². The van der Waals surface area contributed by atoms with E-state index in [-0.39, 0.29) is 17.8 Å². The lowest BCUT2D eigenvalue weighted by atomic mass is 10.0. The molecule has 0 N–H and O–H groups in total. The van der Waals surface area contributed by atoms with E-state index in [1.807, 2.05) is 0 Å². The molecule has 2 rings (SSSR count). The van der Waals surface area contributed by atoms with Gasteiger partial charge in [0.2, 0.25) is 0 Å². The van der Waals surface area contributed by atoms with Gasteiger partial charge in [-0.3, -0.25) is 9.78 Å². The third-order valence-corrected chi connectivity index (χ3v) is 3.42. The fourth-order valence-corrected chi connectivity index (χ4v) is 2.33. The second-order valence-electron chi connectivity index (χ2n) is 3.71. The second kappa shape index (κ2) is 5.71.